The third-order valence-electron chi connectivity index (χ3n) is 3.42. The Labute approximate surface area is 133 Å². The molecule has 118 valence electrons. The Hall–Kier alpha value is -1.84. The molecule has 1 fully saturated rings. The van der Waals surface area contributed by atoms with E-state index in [0.717, 1.165) is 4.88 Å². The number of thiophene rings is 1. The number of hydrogen-bond donors (Lipinski definition) is 1. The molecule has 0 aliphatic carbocycles. The molecule has 0 radical (unpaired) electrons. The highest BCUT2D eigenvalue weighted by Gasteiger charge is 2.24. The first-order chi connectivity index (χ1) is 10.3. The highest BCUT2D eigenvalue weighted by molar-refractivity contribution is 7.14. The molecule has 1 aromatic heterocycles. The first-order valence-electron chi connectivity index (χ1n) is 7.12. The zero-order valence-electron chi connectivity index (χ0n) is 12.6. The van der Waals surface area contributed by atoms with E-state index in [1.807, 2.05) is 0 Å². The summed E-state index contributed by atoms with van der Waals surface area (Å²) in [4.78, 5) is 26.1. The molecule has 0 spiro atoms. The molecule has 1 aliphatic rings. The first-order valence-corrected chi connectivity index (χ1v) is 7.93. The number of aliphatic carboxylic acids is 1. The quantitative estimate of drug-likeness (QED) is 0.803. The highest BCUT2D eigenvalue weighted by Crippen LogP contribution is 2.22. The third-order valence-corrected chi connectivity index (χ3v) is 4.41. The molecule has 0 unspecified atom stereocenters. The Balaban J connectivity index is 2.01. The Kier molecular flexibility index (Phi) is 4.89. The third kappa shape index (κ3) is 4.33. The summed E-state index contributed by atoms with van der Waals surface area (Å²) in [5.74, 6) is 3.96. The van der Waals surface area contributed by atoms with Gasteiger partial charge in [-0.3, -0.25) is 4.79 Å². The molecule has 1 saturated heterocycles. The van der Waals surface area contributed by atoms with E-state index in [1.165, 1.54) is 11.3 Å². The molecule has 0 aromatic carbocycles. The summed E-state index contributed by atoms with van der Waals surface area (Å²) in [5, 5.41) is 20.4. The molecule has 22 heavy (non-hydrogen) atoms. The molecular formula is C16H18NO4S-. The van der Waals surface area contributed by atoms with Gasteiger partial charge in [0.05, 0.1) is 9.75 Å². The SMILES string of the molecule is CC(C)(O)C#Cc1ccc(C(=O)N2CCC(C(=O)[O-])CC2)s1. The molecule has 0 atom stereocenters. The van der Waals surface area contributed by atoms with Gasteiger partial charge in [-0.15, -0.1) is 11.3 Å². The van der Waals surface area contributed by atoms with Gasteiger partial charge in [0.2, 0.25) is 0 Å². The minimum absolute atomic E-state index is 0.0990. The van der Waals surface area contributed by atoms with E-state index in [0.29, 0.717) is 30.8 Å². The van der Waals surface area contributed by atoms with Crippen molar-refractivity contribution in [1.29, 1.82) is 0 Å². The maximum Gasteiger partial charge on any atom is 0.263 e. The van der Waals surface area contributed by atoms with Crippen LogP contribution in [0, 0.1) is 17.8 Å². The van der Waals surface area contributed by atoms with E-state index in [4.69, 9.17) is 0 Å². The number of piperidine rings is 1. The summed E-state index contributed by atoms with van der Waals surface area (Å²) >= 11 is 1.28. The average Bonchev–Trinajstić information content (AvgIpc) is 2.92. The largest absolute Gasteiger partial charge is 0.550 e. The standard InChI is InChI=1S/C16H19NO4S/c1-16(2,21)8-5-12-3-4-13(22-12)14(18)17-9-6-11(7-10-17)15(19)20/h3-4,11,21H,6-7,9-10H2,1-2H3,(H,19,20)/p-1. The minimum Gasteiger partial charge on any atom is -0.550 e. The number of carboxylic acids is 1. The lowest BCUT2D eigenvalue weighted by Gasteiger charge is -2.32. The molecule has 5 nitrogen and oxygen atoms in total. The second-order valence-electron chi connectivity index (χ2n) is 5.86. The smallest absolute Gasteiger partial charge is 0.263 e. The van der Waals surface area contributed by atoms with Gasteiger partial charge in [-0.2, -0.15) is 0 Å². The van der Waals surface area contributed by atoms with Crippen LogP contribution in [0.5, 0.6) is 0 Å². The molecule has 1 aromatic rings. The molecular weight excluding hydrogens is 302 g/mol. The summed E-state index contributed by atoms with van der Waals surface area (Å²) < 4.78 is 0. The van der Waals surface area contributed by atoms with Crippen molar-refractivity contribution in [3.05, 3.63) is 21.9 Å². The fourth-order valence-electron chi connectivity index (χ4n) is 2.21. The molecule has 1 N–H and O–H groups in total. The van der Waals surface area contributed by atoms with Gasteiger partial charge in [0, 0.05) is 25.0 Å². The topological polar surface area (TPSA) is 80.7 Å². The van der Waals surface area contributed by atoms with Crippen LogP contribution in [0.3, 0.4) is 0 Å². The van der Waals surface area contributed by atoms with Crippen LogP contribution in [0.1, 0.15) is 41.2 Å². The normalized spacial score (nSPS) is 16.0. The lowest BCUT2D eigenvalue weighted by Crippen LogP contribution is -2.43. The van der Waals surface area contributed by atoms with Crippen molar-refractivity contribution >= 4 is 23.2 Å². The Morgan fingerprint density at radius 2 is 2.00 bits per heavy atom. The number of rotatable bonds is 2. The summed E-state index contributed by atoms with van der Waals surface area (Å²) in [6.07, 6.45) is 0.871. The molecule has 1 aliphatic heterocycles. The number of carbonyl (C=O) groups excluding carboxylic acids is 2. The van der Waals surface area contributed by atoms with E-state index >= 15 is 0 Å². The van der Waals surface area contributed by atoms with Crippen LogP contribution in [-0.4, -0.2) is 40.6 Å². The van der Waals surface area contributed by atoms with Gasteiger partial charge in [-0.1, -0.05) is 11.8 Å². The van der Waals surface area contributed by atoms with Gasteiger partial charge in [0.1, 0.15) is 5.60 Å². The van der Waals surface area contributed by atoms with Crippen molar-refractivity contribution in [2.75, 3.05) is 13.1 Å². The Morgan fingerprint density at radius 3 is 2.55 bits per heavy atom. The maximum atomic E-state index is 12.4. The van der Waals surface area contributed by atoms with Crippen molar-refractivity contribution in [3.63, 3.8) is 0 Å². The van der Waals surface area contributed by atoms with Gasteiger partial charge in [-0.25, -0.2) is 0 Å². The van der Waals surface area contributed by atoms with Crippen molar-refractivity contribution < 1.29 is 19.8 Å². The fourth-order valence-corrected chi connectivity index (χ4v) is 3.04. The summed E-state index contributed by atoms with van der Waals surface area (Å²) in [5.41, 5.74) is -1.07. The maximum absolute atomic E-state index is 12.4. The Morgan fingerprint density at radius 1 is 1.36 bits per heavy atom. The van der Waals surface area contributed by atoms with E-state index < -0.39 is 17.5 Å². The monoisotopic (exact) mass is 320 g/mol. The first kappa shape index (κ1) is 16.5. The van der Waals surface area contributed by atoms with Gasteiger partial charge >= 0.3 is 0 Å². The van der Waals surface area contributed by atoms with Crippen LogP contribution in [0.25, 0.3) is 0 Å². The predicted molar refractivity (Wildman–Crippen MR) is 81.1 cm³/mol. The number of likely N-dealkylation sites (tertiary alicyclic amines) is 1. The van der Waals surface area contributed by atoms with E-state index in [2.05, 4.69) is 11.8 Å². The molecule has 0 saturated carbocycles. The van der Waals surface area contributed by atoms with Crippen LogP contribution >= 0.6 is 11.3 Å². The minimum atomic E-state index is -1.07. The number of hydrogen-bond acceptors (Lipinski definition) is 5. The number of carbonyl (C=O) groups is 2. The van der Waals surface area contributed by atoms with Crippen molar-refractivity contribution in [2.24, 2.45) is 5.92 Å². The zero-order valence-corrected chi connectivity index (χ0v) is 13.4. The molecule has 2 heterocycles. The lowest BCUT2D eigenvalue weighted by molar-refractivity contribution is -0.312. The molecule has 6 heteroatoms. The van der Waals surface area contributed by atoms with Crippen molar-refractivity contribution in [1.82, 2.24) is 4.90 Å². The van der Waals surface area contributed by atoms with Gasteiger partial charge in [-0.05, 0) is 38.8 Å². The van der Waals surface area contributed by atoms with E-state index in [9.17, 15) is 19.8 Å². The van der Waals surface area contributed by atoms with Crippen molar-refractivity contribution in [2.45, 2.75) is 32.3 Å². The van der Waals surface area contributed by atoms with Crippen LogP contribution in [0.15, 0.2) is 12.1 Å². The van der Waals surface area contributed by atoms with Gasteiger partial charge in [0.25, 0.3) is 5.91 Å². The van der Waals surface area contributed by atoms with Crippen LogP contribution in [0.4, 0.5) is 0 Å². The number of nitrogens with zero attached hydrogens (tertiary/aromatic N) is 1. The second kappa shape index (κ2) is 6.51. The van der Waals surface area contributed by atoms with Gasteiger partial charge < -0.3 is 19.9 Å². The number of carboxylic acid groups (broad SMARTS) is 1. The summed E-state index contributed by atoms with van der Waals surface area (Å²) in [6.45, 7) is 4.06. The van der Waals surface area contributed by atoms with Crippen molar-refractivity contribution in [3.8, 4) is 11.8 Å². The second-order valence-corrected chi connectivity index (χ2v) is 6.94. The van der Waals surface area contributed by atoms with E-state index in [-0.39, 0.29) is 5.91 Å². The summed E-state index contributed by atoms with van der Waals surface area (Å²) in [6, 6.07) is 3.47. The van der Waals surface area contributed by atoms with Crippen LogP contribution in [-0.2, 0) is 4.79 Å². The Bertz CT molecular complexity index is 625. The van der Waals surface area contributed by atoms with Gasteiger partial charge in [0.15, 0.2) is 0 Å². The molecule has 1 amide bonds. The fraction of sp³-hybridized carbons (Fsp3) is 0.500. The predicted octanol–water partition coefficient (Wildman–Crippen LogP) is 0.473. The van der Waals surface area contributed by atoms with E-state index in [1.54, 1.807) is 30.9 Å². The molecule has 2 rings (SSSR count). The van der Waals surface area contributed by atoms with Crippen LogP contribution < -0.4 is 5.11 Å². The highest BCUT2D eigenvalue weighted by atomic mass is 32.1. The number of amides is 1. The molecule has 0 bridgehead atoms. The van der Waals surface area contributed by atoms with Crippen LogP contribution in [0.2, 0.25) is 0 Å². The average molecular weight is 320 g/mol. The zero-order chi connectivity index (χ0) is 16.3. The number of aliphatic hydroxyl groups is 1. The summed E-state index contributed by atoms with van der Waals surface area (Å²) in [7, 11) is 0. The lowest BCUT2D eigenvalue weighted by atomic mass is 9.97.